The van der Waals surface area contributed by atoms with Gasteiger partial charge in [0.15, 0.2) is 0 Å². The van der Waals surface area contributed by atoms with Crippen LogP contribution in [-0.4, -0.2) is 14.4 Å². The van der Waals surface area contributed by atoms with Crippen molar-refractivity contribution >= 4 is 5.65 Å². The van der Waals surface area contributed by atoms with E-state index in [9.17, 15) is 10.1 Å². The van der Waals surface area contributed by atoms with Crippen molar-refractivity contribution in [1.82, 2.24) is 14.4 Å². The Labute approximate surface area is 120 Å². The van der Waals surface area contributed by atoms with Crippen LogP contribution in [0.15, 0.2) is 41.5 Å². The normalized spacial score (nSPS) is 19.2. The molecule has 0 fully saturated rings. The Morgan fingerprint density at radius 2 is 2.24 bits per heavy atom. The standard InChI is InChI=1S/C16H12N4O/c1-16(6-7-17)11-5-3-2-4-10(11)12-13(16)20-9-8-18-14(20)15(21)19-12/h2-5,8-9H,6H2,1H3,(H,19,21). The third kappa shape index (κ3) is 1.34. The molecular formula is C16H12N4O. The van der Waals surface area contributed by atoms with Crippen LogP contribution in [0.4, 0.5) is 0 Å². The summed E-state index contributed by atoms with van der Waals surface area (Å²) < 4.78 is 1.81. The predicted molar refractivity (Wildman–Crippen MR) is 77.9 cm³/mol. The first kappa shape index (κ1) is 11.9. The van der Waals surface area contributed by atoms with Gasteiger partial charge in [0, 0.05) is 23.4 Å². The number of aromatic nitrogens is 3. The lowest BCUT2D eigenvalue weighted by molar-refractivity contribution is 0.574. The molecular weight excluding hydrogens is 264 g/mol. The van der Waals surface area contributed by atoms with Crippen molar-refractivity contribution in [3.63, 3.8) is 0 Å². The van der Waals surface area contributed by atoms with E-state index in [0.717, 1.165) is 22.5 Å². The quantitative estimate of drug-likeness (QED) is 0.740. The van der Waals surface area contributed by atoms with Gasteiger partial charge in [-0.3, -0.25) is 9.20 Å². The number of imidazole rings is 1. The van der Waals surface area contributed by atoms with Gasteiger partial charge in [-0.1, -0.05) is 24.3 Å². The molecule has 0 saturated heterocycles. The van der Waals surface area contributed by atoms with Crippen molar-refractivity contribution in [3.8, 4) is 17.3 Å². The number of H-pyrrole nitrogens is 1. The Hall–Kier alpha value is -2.87. The minimum atomic E-state index is -0.455. The molecule has 0 spiro atoms. The summed E-state index contributed by atoms with van der Waals surface area (Å²) in [7, 11) is 0. The van der Waals surface area contributed by atoms with E-state index in [1.54, 1.807) is 12.4 Å². The molecule has 0 aliphatic heterocycles. The van der Waals surface area contributed by atoms with Crippen LogP contribution in [0.3, 0.4) is 0 Å². The zero-order valence-electron chi connectivity index (χ0n) is 11.4. The van der Waals surface area contributed by atoms with Gasteiger partial charge in [0.2, 0.25) is 5.65 Å². The maximum Gasteiger partial charge on any atom is 0.292 e. The first-order valence-electron chi connectivity index (χ1n) is 6.73. The van der Waals surface area contributed by atoms with Crippen LogP contribution in [0, 0.1) is 11.3 Å². The number of nitriles is 1. The fourth-order valence-electron chi connectivity index (χ4n) is 3.38. The third-order valence-corrected chi connectivity index (χ3v) is 4.31. The highest BCUT2D eigenvalue weighted by molar-refractivity contribution is 5.77. The third-order valence-electron chi connectivity index (χ3n) is 4.31. The molecule has 5 heteroatoms. The molecule has 102 valence electrons. The molecule has 0 amide bonds. The number of hydrogen-bond donors (Lipinski definition) is 1. The zero-order chi connectivity index (χ0) is 14.6. The summed E-state index contributed by atoms with van der Waals surface area (Å²) in [5.74, 6) is 0. The number of rotatable bonds is 1. The van der Waals surface area contributed by atoms with Crippen LogP contribution in [-0.2, 0) is 5.41 Å². The van der Waals surface area contributed by atoms with Gasteiger partial charge in [-0.05, 0) is 12.5 Å². The monoisotopic (exact) mass is 276 g/mol. The second kappa shape index (κ2) is 3.83. The number of nitrogens with zero attached hydrogens (tertiary/aromatic N) is 3. The van der Waals surface area contributed by atoms with Gasteiger partial charge in [-0.15, -0.1) is 0 Å². The first-order valence-corrected chi connectivity index (χ1v) is 6.73. The summed E-state index contributed by atoms with van der Waals surface area (Å²) in [6.45, 7) is 2.04. The Bertz CT molecular complexity index is 976. The molecule has 0 bridgehead atoms. The molecule has 0 saturated carbocycles. The molecule has 5 nitrogen and oxygen atoms in total. The van der Waals surface area contributed by atoms with Crippen molar-refractivity contribution in [2.45, 2.75) is 18.8 Å². The number of aromatic amines is 1. The van der Waals surface area contributed by atoms with Crippen LogP contribution in [0.1, 0.15) is 24.6 Å². The number of benzene rings is 1. The summed E-state index contributed by atoms with van der Waals surface area (Å²) in [5.41, 5.74) is 3.47. The van der Waals surface area contributed by atoms with Gasteiger partial charge in [0.25, 0.3) is 5.56 Å². The summed E-state index contributed by atoms with van der Waals surface area (Å²) in [6.07, 6.45) is 3.74. The summed E-state index contributed by atoms with van der Waals surface area (Å²) in [5, 5.41) is 9.27. The molecule has 3 aromatic rings. The van der Waals surface area contributed by atoms with Crippen LogP contribution >= 0.6 is 0 Å². The van der Waals surface area contributed by atoms with Gasteiger partial charge in [-0.2, -0.15) is 5.26 Å². The summed E-state index contributed by atoms with van der Waals surface area (Å²) in [6, 6.07) is 10.2. The van der Waals surface area contributed by atoms with Crippen molar-refractivity contribution < 1.29 is 0 Å². The minimum Gasteiger partial charge on any atom is -0.317 e. The molecule has 21 heavy (non-hydrogen) atoms. The van der Waals surface area contributed by atoms with E-state index in [2.05, 4.69) is 16.0 Å². The highest BCUT2D eigenvalue weighted by Crippen LogP contribution is 2.48. The van der Waals surface area contributed by atoms with Gasteiger partial charge >= 0.3 is 0 Å². The van der Waals surface area contributed by atoms with Crippen molar-refractivity contribution in [3.05, 3.63) is 58.3 Å². The molecule has 2 aromatic heterocycles. The van der Waals surface area contributed by atoms with Crippen LogP contribution in [0.2, 0.25) is 0 Å². The number of fused-ring (bicyclic) bond motifs is 5. The fraction of sp³-hybridized carbons (Fsp3) is 0.188. The van der Waals surface area contributed by atoms with Crippen molar-refractivity contribution in [1.29, 1.82) is 5.26 Å². The second-order valence-electron chi connectivity index (χ2n) is 5.51. The number of nitrogens with one attached hydrogen (secondary N) is 1. The SMILES string of the molecule is CC1(CC#N)c2ccccc2-c2[nH]c(=O)c3nccn3c21. The van der Waals surface area contributed by atoms with Crippen LogP contribution in [0.5, 0.6) is 0 Å². The summed E-state index contributed by atoms with van der Waals surface area (Å²) in [4.78, 5) is 19.2. The second-order valence-corrected chi connectivity index (χ2v) is 5.51. The average molecular weight is 276 g/mol. The highest BCUT2D eigenvalue weighted by Gasteiger charge is 2.42. The lowest BCUT2D eigenvalue weighted by atomic mass is 9.80. The Balaban J connectivity index is 2.22. The lowest BCUT2D eigenvalue weighted by Crippen LogP contribution is -2.25. The van der Waals surface area contributed by atoms with E-state index in [0.29, 0.717) is 12.1 Å². The predicted octanol–water partition coefficient (Wildman–Crippen LogP) is 2.22. The smallest absolute Gasteiger partial charge is 0.292 e. The van der Waals surface area contributed by atoms with E-state index in [4.69, 9.17) is 0 Å². The average Bonchev–Trinajstić information content (AvgIpc) is 3.04. The van der Waals surface area contributed by atoms with Crippen LogP contribution < -0.4 is 5.56 Å². The molecule has 1 aliphatic rings. The molecule has 0 radical (unpaired) electrons. The Kier molecular flexibility index (Phi) is 2.17. The van der Waals surface area contributed by atoms with E-state index < -0.39 is 5.41 Å². The largest absolute Gasteiger partial charge is 0.317 e. The fourth-order valence-corrected chi connectivity index (χ4v) is 3.38. The maximum atomic E-state index is 12.2. The van der Waals surface area contributed by atoms with E-state index in [-0.39, 0.29) is 5.56 Å². The molecule has 4 rings (SSSR count). The van der Waals surface area contributed by atoms with Crippen molar-refractivity contribution in [2.24, 2.45) is 0 Å². The molecule has 1 atom stereocenters. The van der Waals surface area contributed by atoms with Gasteiger partial charge in [-0.25, -0.2) is 4.98 Å². The minimum absolute atomic E-state index is 0.213. The number of hydrogen-bond acceptors (Lipinski definition) is 3. The van der Waals surface area contributed by atoms with Gasteiger partial charge < -0.3 is 4.98 Å². The summed E-state index contributed by atoms with van der Waals surface area (Å²) >= 11 is 0. The Morgan fingerprint density at radius 3 is 3.05 bits per heavy atom. The Morgan fingerprint density at radius 1 is 1.43 bits per heavy atom. The van der Waals surface area contributed by atoms with E-state index in [1.807, 2.05) is 35.6 Å². The van der Waals surface area contributed by atoms with Gasteiger partial charge in [0.1, 0.15) is 0 Å². The lowest BCUT2D eigenvalue weighted by Gasteiger charge is -2.24. The highest BCUT2D eigenvalue weighted by atomic mass is 16.1. The molecule has 1 aromatic carbocycles. The van der Waals surface area contributed by atoms with E-state index >= 15 is 0 Å². The van der Waals surface area contributed by atoms with Gasteiger partial charge in [0.05, 0.1) is 23.9 Å². The zero-order valence-corrected chi connectivity index (χ0v) is 11.4. The van der Waals surface area contributed by atoms with Crippen molar-refractivity contribution in [2.75, 3.05) is 0 Å². The molecule has 1 aliphatic carbocycles. The maximum absolute atomic E-state index is 12.2. The van der Waals surface area contributed by atoms with E-state index in [1.165, 1.54) is 0 Å². The van der Waals surface area contributed by atoms with Crippen LogP contribution in [0.25, 0.3) is 16.9 Å². The molecule has 2 heterocycles. The first-order chi connectivity index (χ1) is 10.2. The topological polar surface area (TPSA) is 73.9 Å². The molecule has 1 unspecified atom stereocenters. The molecule has 1 N–H and O–H groups in total.